The molecule has 3 aromatic rings. The highest BCUT2D eigenvalue weighted by atomic mass is 15.1. The summed E-state index contributed by atoms with van der Waals surface area (Å²) in [4.78, 5) is 2.24. The van der Waals surface area contributed by atoms with E-state index < -0.39 is 0 Å². The van der Waals surface area contributed by atoms with Crippen LogP contribution in [-0.2, 0) is 0 Å². The maximum absolute atomic E-state index is 2.24. The van der Waals surface area contributed by atoms with Crippen LogP contribution in [0.1, 0.15) is 5.56 Å². The molecule has 3 rings (SSSR count). The van der Waals surface area contributed by atoms with Crippen LogP contribution < -0.4 is 4.90 Å². The number of fused-ring (bicyclic) bond motifs is 1. The third-order valence-electron chi connectivity index (χ3n) is 3.55. The molecule has 0 atom stereocenters. The molecule has 0 aliphatic heterocycles. The topological polar surface area (TPSA) is 3.24 Å². The van der Waals surface area contributed by atoms with E-state index in [9.17, 15) is 0 Å². The Morgan fingerprint density at radius 2 is 1.42 bits per heavy atom. The Morgan fingerprint density at radius 1 is 0.737 bits per heavy atom. The van der Waals surface area contributed by atoms with Gasteiger partial charge in [-0.3, -0.25) is 0 Å². The Morgan fingerprint density at radius 3 is 2.21 bits per heavy atom. The van der Waals surface area contributed by atoms with Gasteiger partial charge in [0.15, 0.2) is 0 Å². The van der Waals surface area contributed by atoms with Gasteiger partial charge in [-0.05, 0) is 30.5 Å². The first-order valence-corrected chi connectivity index (χ1v) is 6.54. The van der Waals surface area contributed by atoms with Crippen LogP contribution in [0.3, 0.4) is 0 Å². The summed E-state index contributed by atoms with van der Waals surface area (Å²) in [5.41, 5.74) is 3.74. The van der Waals surface area contributed by atoms with Crippen LogP contribution >= 0.6 is 0 Å². The lowest BCUT2D eigenvalue weighted by molar-refractivity contribution is 1.22. The molecule has 0 heterocycles. The molecular weight excluding hydrogens is 230 g/mol. The summed E-state index contributed by atoms with van der Waals surface area (Å²) in [5.74, 6) is 0. The van der Waals surface area contributed by atoms with Gasteiger partial charge in [-0.2, -0.15) is 0 Å². The fourth-order valence-corrected chi connectivity index (χ4v) is 2.41. The van der Waals surface area contributed by atoms with Crippen molar-refractivity contribution in [2.24, 2.45) is 0 Å². The summed E-state index contributed by atoms with van der Waals surface area (Å²) >= 11 is 0. The SMILES string of the molecule is Cc1ccc(N(C)c2cccc3ccccc23)cc1. The molecule has 0 saturated heterocycles. The Bertz CT molecular complexity index is 693. The predicted molar refractivity (Wildman–Crippen MR) is 83.2 cm³/mol. The standard InChI is InChI=1S/C18H17N/c1-14-10-12-16(13-11-14)19(2)18-9-5-7-15-6-3-4-8-17(15)18/h3-13H,1-2H3. The summed E-state index contributed by atoms with van der Waals surface area (Å²) in [6, 6.07) is 23.6. The molecule has 0 aliphatic rings. The first-order valence-electron chi connectivity index (χ1n) is 6.54. The monoisotopic (exact) mass is 247 g/mol. The average Bonchev–Trinajstić information content (AvgIpc) is 2.47. The predicted octanol–water partition coefficient (Wildman–Crippen LogP) is 4.92. The highest BCUT2D eigenvalue weighted by Gasteiger charge is 2.07. The van der Waals surface area contributed by atoms with Crippen molar-refractivity contribution in [2.75, 3.05) is 11.9 Å². The molecule has 94 valence electrons. The van der Waals surface area contributed by atoms with Crippen LogP contribution in [0, 0.1) is 6.92 Å². The zero-order chi connectivity index (χ0) is 13.2. The van der Waals surface area contributed by atoms with Crippen LogP contribution in [0.4, 0.5) is 11.4 Å². The molecule has 0 aromatic heterocycles. The van der Waals surface area contributed by atoms with Crippen molar-refractivity contribution in [3.05, 3.63) is 72.3 Å². The number of nitrogens with zero attached hydrogens (tertiary/aromatic N) is 1. The van der Waals surface area contributed by atoms with E-state index in [0.29, 0.717) is 0 Å². The van der Waals surface area contributed by atoms with Gasteiger partial charge >= 0.3 is 0 Å². The van der Waals surface area contributed by atoms with Crippen molar-refractivity contribution in [3.8, 4) is 0 Å². The van der Waals surface area contributed by atoms with Crippen molar-refractivity contribution >= 4 is 22.1 Å². The van der Waals surface area contributed by atoms with Gasteiger partial charge < -0.3 is 4.90 Å². The number of rotatable bonds is 2. The molecule has 0 unspecified atom stereocenters. The summed E-state index contributed by atoms with van der Waals surface area (Å²) in [6.45, 7) is 2.11. The van der Waals surface area contributed by atoms with Gasteiger partial charge in [0, 0.05) is 23.8 Å². The fraction of sp³-hybridized carbons (Fsp3) is 0.111. The maximum Gasteiger partial charge on any atom is 0.0487 e. The second-order valence-electron chi connectivity index (χ2n) is 4.89. The zero-order valence-corrected chi connectivity index (χ0v) is 11.3. The highest BCUT2D eigenvalue weighted by molar-refractivity contribution is 5.95. The van der Waals surface area contributed by atoms with Crippen molar-refractivity contribution in [1.29, 1.82) is 0 Å². The molecule has 0 bridgehead atoms. The Hall–Kier alpha value is -2.28. The highest BCUT2D eigenvalue weighted by Crippen LogP contribution is 2.30. The third kappa shape index (κ3) is 2.19. The van der Waals surface area contributed by atoms with Gasteiger partial charge in [0.05, 0.1) is 0 Å². The number of hydrogen-bond donors (Lipinski definition) is 0. The summed E-state index contributed by atoms with van der Waals surface area (Å²) in [6.07, 6.45) is 0. The Kier molecular flexibility index (Phi) is 2.96. The van der Waals surface area contributed by atoms with Crippen molar-refractivity contribution in [1.82, 2.24) is 0 Å². The minimum Gasteiger partial charge on any atom is -0.344 e. The lowest BCUT2D eigenvalue weighted by Gasteiger charge is -2.21. The van der Waals surface area contributed by atoms with Crippen LogP contribution in [0.15, 0.2) is 66.7 Å². The third-order valence-corrected chi connectivity index (χ3v) is 3.55. The summed E-state index contributed by atoms with van der Waals surface area (Å²) < 4.78 is 0. The van der Waals surface area contributed by atoms with Crippen LogP contribution in [0.2, 0.25) is 0 Å². The molecule has 1 heteroatoms. The lowest BCUT2D eigenvalue weighted by Crippen LogP contribution is -2.09. The molecule has 1 nitrogen and oxygen atoms in total. The largest absolute Gasteiger partial charge is 0.344 e. The van der Waals surface area contributed by atoms with E-state index in [2.05, 4.69) is 85.6 Å². The van der Waals surface area contributed by atoms with E-state index in [4.69, 9.17) is 0 Å². The zero-order valence-electron chi connectivity index (χ0n) is 11.3. The molecule has 0 spiro atoms. The Balaban J connectivity index is 2.11. The van der Waals surface area contributed by atoms with E-state index in [-0.39, 0.29) is 0 Å². The lowest BCUT2D eigenvalue weighted by atomic mass is 10.1. The van der Waals surface area contributed by atoms with E-state index in [1.165, 1.54) is 27.7 Å². The van der Waals surface area contributed by atoms with E-state index >= 15 is 0 Å². The number of hydrogen-bond acceptors (Lipinski definition) is 1. The maximum atomic E-state index is 2.24. The van der Waals surface area contributed by atoms with Crippen LogP contribution in [-0.4, -0.2) is 7.05 Å². The molecular formula is C18H17N. The molecule has 3 aromatic carbocycles. The van der Waals surface area contributed by atoms with Crippen LogP contribution in [0.25, 0.3) is 10.8 Å². The van der Waals surface area contributed by atoms with Gasteiger partial charge in [-0.15, -0.1) is 0 Å². The number of benzene rings is 3. The normalized spacial score (nSPS) is 10.6. The van der Waals surface area contributed by atoms with Gasteiger partial charge in [0.1, 0.15) is 0 Å². The molecule has 0 N–H and O–H groups in total. The van der Waals surface area contributed by atoms with Crippen molar-refractivity contribution in [3.63, 3.8) is 0 Å². The smallest absolute Gasteiger partial charge is 0.0487 e. The quantitative estimate of drug-likeness (QED) is 0.621. The van der Waals surface area contributed by atoms with Gasteiger partial charge in [-0.25, -0.2) is 0 Å². The van der Waals surface area contributed by atoms with Gasteiger partial charge in [0.2, 0.25) is 0 Å². The molecule has 0 radical (unpaired) electrons. The van der Waals surface area contributed by atoms with E-state index in [1.54, 1.807) is 0 Å². The fourth-order valence-electron chi connectivity index (χ4n) is 2.41. The molecule has 0 saturated carbocycles. The Labute approximate surface area is 114 Å². The first-order chi connectivity index (χ1) is 9.25. The average molecular weight is 247 g/mol. The van der Waals surface area contributed by atoms with Crippen molar-refractivity contribution < 1.29 is 0 Å². The summed E-state index contributed by atoms with van der Waals surface area (Å²) in [5, 5.41) is 2.56. The number of aryl methyl sites for hydroxylation is 1. The van der Waals surface area contributed by atoms with Gasteiger partial charge in [0.25, 0.3) is 0 Å². The summed E-state index contributed by atoms with van der Waals surface area (Å²) in [7, 11) is 2.12. The molecule has 0 aliphatic carbocycles. The van der Waals surface area contributed by atoms with Crippen molar-refractivity contribution in [2.45, 2.75) is 6.92 Å². The molecule has 19 heavy (non-hydrogen) atoms. The molecule has 0 amide bonds. The minimum atomic E-state index is 1.21. The second-order valence-corrected chi connectivity index (χ2v) is 4.89. The molecule has 0 fully saturated rings. The van der Waals surface area contributed by atoms with Gasteiger partial charge in [-0.1, -0.05) is 54.1 Å². The van der Waals surface area contributed by atoms with E-state index in [0.717, 1.165) is 0 Å². The minimum absolute atomic E-state index is 1.21. The van der Waals surface area contributed by atoms with Crippen LogP contribution in [0.5, 0.6) is 0 Å². The first kappa shape index (κ1) is 11.8. The van der Waals surface area contributed by atoms with E-state index in [1.807, 2.05) is 0 Å². The number of anilines is 2. The second kappa shape index (κ2) is 4.77.